The number of benzene rings is 1. The van der Waals surface area contributed by atoms with Crippen molar-refractivity contribution >= 4 is 5.78 Å². The molecule has 1 heterocycles. The van der Waals surface area contributed by atoms with Gasteiger partial charge in [0.1, 0.15) is 5.78 Å². The van der Waals surface area contributed by atoms with Crippen LogP contribution in [0.2, 0.25) is 0 Å². The van der Waals surface area contributed by atoms with Crippen LogP contribution in [0.25, 0.3) is 0 Å². The monoisotopic (exact) mass is 215 g/mol. The van der Waals surface area contributed by atoms with Crippen molar-refractivity contribution in [2.45, 2.75) is 19.4 Å². The van der Waals surface area contributed by atoms with Gasteiger partial charge in [0.2, 0.25) is 0 Å². The number of fused-ring (bicyclic) bond motifs is 2. The number of ketones is 1. The summed E-state index contributed by atoms with van der Waals surface area (Å²) in [6.45, 7) is 3.09. The summed E-state index contributed by atoms with van der Waals surface area (Å²) in [4.78, 5) is 14.1. The molecule has 0 radical (unpaired) electrons. The van der Waals surface area contributed by atoms with Crippen molar-refractivity contribution in [3.8, 4) is 0 Å². The Hall–Kier alpha value is -1.15. The molecule has 16 heavy (non-hydrogen) atoms. The largest absolute Gasteiger partial charge is 0.299 e. The van der Waals surface area contributed by atoms with Gasteiger partial charge in [-0.2, -0.15) is 0 Å². The lowest BCUT2D eigenvalue weighted by molar-refractivity contribution is -0.120. The maximum absolute atomic E-state index is 11.6. The maximum atomic E-state index is 11.6. The fraction of sp³-hybridized carbons (Fsp3) is 0.500. The molecule has 1 aliphatic carbocycles. The third-order valence-corrected chi connectivity index (χ3v) is 3.81. The van der Waals surface area contributed by atoms with Crippen molar-refractivity contribution in [3.63, 3.8) is 0 Å². The summed E-state index contributed by atoms with van der Waals surface area (Å²) in [6, 6.07) is 10.5. The highest BCUT2D eigenvalue weighted by atomic mass is 16.1. The van der Waals surface area contributed by atoms with Crippen LogP contribution in [0.1, 0.15) is 18.4 Å². The van der Waals surface area contributed by atoms with E-state index < -0.39 is 0 Å². The summed E-state index contributed by atoms with van der Waals surface area (Å²) in [5, 5.41) is 0. The Morgan fingerprint density at radius 1 is 1.19 bits per heavy atom. The lowest BCUT2D eigenvalue weighted by atomic mass is 9.98. The van der Waals surface area contributed by atoms with Gasteiger partial charge in [-0.05, 0) is 17.9 Å². The van der Waals surface area contributed by atoms with Crippen molar-refractivity contribution in [1.29, 1.82) is 0 Å². The number of piperidine rings is 1. The molecule has 3 rings (SSSR count). The highest BCUT2D eigenvalue weighted by Crippen LogP contribution is 2.34. The van der Waals surface area contributed by atoms with E-state index in [0.717, 1.165) is 32.5 Å². The summed E-state index contributed by atoms with van der Waals surface area (Å²) < 4.78 is 0. The molecule has 2 atom stereocenters. The van der Waals surface area contributed by atoms with Crippen LogP contribution in [0.5, 0.6) is 0 Å². The summed E-state index contributed by atoms with van der Waals surface area (Å²) >= 11 is 0. The lowest BCUT2D eigenvalue weighted by Crippen LogP contribution is -2.36. The predicted octanol–water partition coefficient (Wildman–Crippen LogP) is 2.10. The molecule has 1 aliphatic heterocycles. The van der Waals surface area contributed by atoms with E-state index in [9.17, 15) is 4.79 Å². The van der Waals surface area contributed by atoms with Crippen LogP contribution in [0, 0.1) is 11.8 Å². The average Bonchev–Trinajstić information content (AvgIpc) is 2.54. The summed E-state index contributed by atoms with van der Waals surface area (Å²) in [5.74, 6) is 1.47. The van der Waals surface area contributed by atoms with Crippen LogP contribution >= 0.6 is 0 Å². The Morgan fingerprint density at radius 2 is 2.00 bits per heavy atom. The predicted molar refractivity (Wildman–Crippen MR) is 62.9 cm³/mol. The van der Waals surface area contributed by atoms with Gasteiger partial charge in [-0.15, -0.1) is 0 Å². The van der Waals surface area contributed by atoms with Gasteiger partial charge in [0, 0.05) is 32.0 Å². The minimum atomic E-state index is 0.336. The van der Waals surface area contributed by atoms with E-state index in [0.29, 0.717) is 17.6 Å². The van der Waals surface area contributed by atoms with E-state index in [-0.39, 0.29) is 0 Å². The normalized spacial score (nSPS) is 29.6. The Balaban J connectivity index is 1.67. The third-order valence-electron chi connectivity index (χ3n) is 3.81. The number of carbonyl (C=O) groups is 1. The van der Waals surface area contributed by atoms with Crippen molar-refractivity contribution in [1.82, 2.24) is 4.90 Å². The summed E-state index contributed by atoms with van der Waals surface area (Å²) in [5.41, 5.74) is 1.36. The van der Waals surface area contributed by atoms with Gasteiger partial charge in [0.15, 0.2) is 0 Å². The minimum absolute atomic E-state index is 0.336. The van der Waals surface area contributed by atoms with E-state index >= 15 is 0 Å². The highest BCUT2D eigenvalue weighted by Gasteiger charge is 2.38. The van der Waals surface area contributed by atoms with Gasteiger partial charge < -0.3 is 0 Å². The van der Waals surface area contributed by atoms with Gasteiger partial charge in [-0.3, -0.25) is 9.69 Å². The summed E-state index contributed by atoms with van der Waals surface area (Å²) in [6.07, 6.45) is 1.97. The van der Waals surface area contributed by atoms with Crippen LogP contribution in [0.3, 0.4) is 0 Å². The second kappa shape index (κ2) is 4.02. The van der Waals surface area contributed by atoms with Gasteiger partial charge in [-0.25, -0.2) is 0 Å². The zero-order valence-corrected chi connectivity index (χ0v) is 9.43. The topological polar surface area (TPSA) is 20.3 Å². The van der Waals surface area contributed by atoms with Crippen LogP contribution in [0.15, 0.2) is 30.3 Å². The number of nitrogens with zero attached hydrogens (tertiary/aromatic N) is 1. The standard InChI is InChI=1S/C14H17NO/c16-14-7-12-6-13(14)10-15(9-12)8-11-4-2-1-3-5-11/h1-5,12-13H,6-10H2/t12-,13-/m1/s1. The van der Waals surface area contributed by atoms with Crippen molar-refractivity contribution in [3.05, 3.63) is 35.9 Å². The van der Waals surface area contributed by atoms with Gasteiger partial charge in [0.05, 0.1) is 0 Å². The van der Waals surface area contributed by atoms with Crippen LogP contribution < -0.4 is 0 Å². The van der Waals surface area contributed by atoms with Crippen LogP contribution in [0.4, 0.5) is 0 Å². The third kappa shape index (κ3) is 1.90. The Bertz CT molecular complexity index is 387. The molecule has 0 unspecified atom stereocenters. The van der Waals surface area contributed by atoms with E-state index in [1.807, 2.05) is 6.07 Å². The number of Topliss-reactive ketones (excluding diaryl/α,β-unsaturated/α-hetero) is 1. The minimum Gasteiger partial charge on any atom is -0.299 e. The Labute approximate surface area is 96.3 Å². The molecule has 1 aromatic rings. The molecule has 2 nitrogen and oxygen atoms in total. The molecule has 2 bridgehead atoms. The Morgan fingerprint density at radius 3 is 2.75 bits per heavy atom. The Kier molecular flexibility index (Phi) is 2.52. The molecule has 0 amide bonds. The first kappa shape index (κ1) is 10.0. The number of carbonyl (C=O) groups excluding carboxylic acids is 1. The van der Waals surface area contributed by atoms with Crippen LogP contribution in [-0.4, -0.2) is 23.8 Å². The smallest absolute Gasteiger partial charge is 0.137 e. The van der Waals surface area contributed by atoms with E-state index in [1.165, 1.54) is 5.56 Å². The molecule has 2 fully saturated rings. The second-order valence-electron chi connectivity index (χ2n) is 5.15. The van der Waals surface area contributed by atoms with Gasteiger partial charge in [0.25, 0.3) is 0 Å². The fourth-order valence-corrected chi connectivity index (χ4v) is 3.11. The number of hydrogen-bond donors (Lipinski definition) is 0. The molecule has 1 saturated carbocycles. The average molecular weight is 215 g/mol. The second-order valence-corrected chi connectivity index (χ2v) is 5.15. The molecule has 1 aromatic carbocycles. The molecule has 0 aromatic heterocycles. The fourth-order valence-electron chi connectivity index (χ4n) is 3.11. The molecule has 2 heteroatoms. The SMILES string of the molecule is O=C1C[C@H]2C[C@@H]1CN(Cc1ccccc1)C2. The van der Waals surface area contributed by atoms with Crippen LogP contribution in [-0.2, 0) is 11.3 Å². The molecule has 1 saturated heterocycles. The van der Waals surface area contributed by atoms with E-state index in [1.54, 1.807) is 0 Å². The van der Waals surface area contributed by atoms with E-state index in [4.69, 9.17) is 0 Å². The number of hydrogen-bond acceptors (Lipinski definition) is 2. The highest BCUT2D eigenvalue weighted by molar-refractivity contribution is 5.83. The number of rotatable bonds is 2. The summed E-state index contributed by atoms with van der Waals surface area (Å²) in [7, 11) is 0. The lowest BCUT2D eigenvalue weighted by Gasteiger charge is -2.30. The van der Waals surface area contributed by atoms with Crippen molar-refractivity contribution < 1.29 is 4.79 Å². The molecular weight excluding hydrogens is 198 g/mol. The number of likely N-dealkylation sites (tertiary alicyclic amines) is 1. The first-order valence-corrected chi connectivity index (χ1v) is 6.10. The van der Waals surface area contributed by atoms with Gasteiger partial charge in [-0.1, -0.05) is 30.3 Å². The zero-order chi connectivity index (χ0) is 11.0. The first-order valence-electron chi connectivity index (χ1n) is 6.10. The molecule has 0 N–H and O–H groups in total. The first-order chi connectivity index (χ1) is 7.81. The van der Waals surface area contributed by atoms with Gasteiger partial charge >= 0.3 is 0 Å². The zero-order valence-electron chi connectivity index (χ0n) is 9.43. The molecule has 84 valence electrons. The molecular formula is C14H17NO. The van der Waals surface area contributed by atoms with Crippen molar-refractivity contribution in [2.75, 3.05) is 13.1 Å². The van der Waals surface area contributed by atoms with Crippen molar-refractivity contribution in [2.24, 2.45) is 11.8 Å². The molecule has 0 spiro atoms. The molecule has 2 aliphatic rings. The maximum Gasteiger partial charge on any atom is 0.137 e. The quantitative estimate of drug-likeness (QED) is 0.753. The van der Waals surface area contributed by atoms with E-state index in [2.05, 4.69) is 29.2 Å².